The smallest absolute Gasteiger partial charge is 0.238 e. The number of hydrogen-bond acceptors (Lipinski definition) is 3. The molecule has 0 radical (unpaired) electrons. The SMILES string of the molecule is O=C(CN1CCN(CC2CCCCC2)CC1)Nc1ccccc1Cl. The number of nitrogens with zero attached hydrogens (tertiary/aromatic N) is 2. The van der Waals surface area contributed by atoms with Gasteiger partial charge in [0.15, 0.2) is 0 Å². The molecule has 0 spiro atoms. The Bertz CT molecular complexity index is 537. The van der Waals surface area contributed by atoms with E-state index in [0.717, 1.165) is 32.1 Å². The quantitative estimate of drug-likeness (QED) is 0.884. The largest absolute Gasteiger partial charge is 0.324 e. The maximum absolute atomic E-state index is 12.2. The van der Waals surface area contributed by atoms with Gasteiger partial charge in [-0.25, -0.2) is 0 Å². The molecule has 132 valence electrons. The van der Waals surface area contributed by atoms with Gasteiger partial charge in [-0.1, -0.05) is 43.0 Å². The molecule has 1 aromatic carbocycles. The highest BCUT2D eigenvalue weighted by atomic mass is 35.5. The van der Waals surface area contributed by atoms with E-state index < -0.39 is 0 Å². The molecule has 1 aliphatic carbocycles. The van der Waals surface area contributed by atoms with E-state index in [2.05, 4.69) is 15.1 Å². The number of carbonyl (C=O) groups excluding carboxylic acids is 1. The normalized spacial score (nSPS) is 20.9. The Morgan fingerprint density at radius 3 is 2.42 bits per heavy atom. The van der Waals surface area contributed by atoms with Crippen LogP contribution < -0.4 is 5.32 Å². The molecule has 3 rings (SSSR count). The van der Waals surface area contributed by atoms with E-state index in [-0.39, 0.29) is 5.91 Å². The zero-order chi connectivity index (χ0) is 16.8. The van der Waals surface area contributed by atoms with E-state index in [1.165, 1.54) is 38.6 Å². The molecule has 5 heteroatoms. The van der Waals surface area contributed by atoms with Gasteiger partial charge in [0.25, 0.3) is 0 Å². The number of halogens is 1. The number of carbonyl (C=O) groups is 1. The van der Waals surface area contributed by atoms with E-state index in [0.29, 0.717) is 17.3 Å². The minimum Gasteiger partial charge on any atom is -0.324 e. The van der Waals surface area contributed by atoms with Crippen molar-refractivity contribution in [2.24, 2.45) is 5.92 Å². The van der Waals surface area contributed by atoms with E-state index in [9.17, 15) is 4.79 Å². The number of amides is 1. The average Bonchev–Trinajstić information content (AvgIpc) is 2.60. The van der Waals surface area contributed by atoms with Crippen LogP contribution in [0.5, 0.6) is 0 Å². The zero-order valence-corrected chi connectivity index (χ0v) is 15.1. The summed E-state index contributed by atoms with van der Waals surface area (Å²) in [5, 5.41) is 3.49. The van der Waals surface area contributed by atoms with Gasteiger partial charge in [-0.2, -0.15) is 0 Å². The summed E-state index contributed by atoms with van der Waals surface area (Å²) in [6, 6.07) is 7.37. The van der Waals surface area contributed by atoms with Crippen molar-refractivity contribution in [1.29, 1.82) is 0 Å². The summed E-state index contributed by atoms with van der Waals surface area (Å²) in [4.78, 5) is 17.0. The van der Waals surface area contributed by atoms with Gasteiger partial charge in [-0.3, -0.25) is 9.69 Å². The molecule has 1 amide bonds. The molecule has 0 unspecified atom stereocenters. The van der Waals surface area contributed by atoms with Crippen LogP contribution in [0.2, 0.25) is 5.02 Å². The summed E-state index contributed by atoms with van der Waals surface area (Å²) >= 11 is 6.09. The second-order valence-corrected chi connectivity index (χ2v) is 7.52. The first-order valence-corrected chi connectivity index (χ1v) is 9.57. The lowest BCUT2D eigenvalue weighted by molar-refractivity contribution is -0.117. The number of hydrogen-bond donors (Lipinski definition) is 1. The molecular formula is C19H28ClN3O. The van der Waals surface area contributed by atoms with Crippen LogP contribution in [0, 0.1) is 5.92 Å². The van der Waals surface area contributed by atoms with Crippen molar-refractivity contribution in [2.75, 3.05) is 44.6 Å². The Morgan fingerprint density at radius 1 is 1.04 bits per heavy atom. The number of nitrogens with one attached hydrogen (secondary N) is 1. The first-order valence-electron chi connectivity index (χ1n) is 9.20. The third kappa shape index (κ3) is 5.20. The summed E-state index contributed by atoms with van der Waals surface area (Å²) in [7, 11) is 0. The number of rotatable bonds is 5. The van der Waals surface area contributed by atoms with Gasteiger partial charge in [0.1, 0.15) is 0 Å². The third-order valence-corrected chi connectivity index (χ3v) is 5.55. The lowest BCUT2D eigenvalue weighted by atomic mass is 9.89. The predicted octanol–water partition coefficient (Wildman–Crippen LogP) is 3.48. The number of benzene rings is 1. The molecule has 0 atom stereocenters. The Labute approximate surface area is 150 Å². The zero-order valence-electron chi connectivity index (χ0n) is 14.3. The van der Waals surface area contributed by atoms with E-state index in [1.807, 2.05) is 18.2 Å². The molecule has 24 heavy (non-hydrogen) atoms. The first kappa shape index (κ1) is 17.7. The minimum absolute atomic E-state index is 0.0174. The fourth-order valence-electron chi connectivity index (χ4n) is 3.82. The summed E-state index contributed by atoms with van der Waals surface area (Å²) in [6.45, 7) is 5.80. The molecule has 2 fully saturated rings. The molecular weight excluding hydrogens is 322 g/mol. The monoisotopic (exact) mass is 349 g/mol. The summed E-state index contributed by atoms with van der Waals surface area (Å²) in [6.07, 6.45) is 7.05. The second kappa shape index (κ2) is 8.84. The molecule has 1 saturated carbocycles. The second-order valence-electron chi connectivity index (χ2n) is 7.11. The van der Waals surface area contributed by atoms with Crippen molar-refractivity contribution in [3.05, 3.63) is 29.3 Å². The van der Waals surface area contributed by atoms with Gasteiger partial charge in [0, 0.05) is 32.7 Å². The van der Waals surface area contributed by atoms with Crippen LogP contribution in [0.25, 0.3) is 0 Å². The van der Waals surface area contributed by atoms with Crippen LogP contribution in [-0.2, 0) is 4.79 Å². The Kier molecular flexibility index (Phi) is 6.52. The summed E-state index contributed by atoms with van der Waals surface area (Å²) < 4.78 is 0. The first-order chi connectivity index (χ1) is 11.7. The van der Waals surface area contributed by atoms with Crippen molar-refractivity contribution in [3.8, 4) is 0 Å². The highest BCUT2D eigenvalue weighted by molar-refractivity contribution is 6.33. The van der Waals surface area contributed by atoms with E-state index >= 15 is 0 Å². The van der Waals surface area contributed by atoms with Crippen LogP contribution in [-0.4, -0.2) is 55.0 Å². The van der Waals surface area contributed by atoms with Crippen molar-refractivity contribution in [2.45, 2.75) is 32.1 Å². The van der Waals surface area contributed by atoms with Crippen molar-refractivity contribution < 1.29 is 4.79 Å². The highest BCUT2D eigenvalue weighted by Crippen LogP contribution is 2.25. The Balaban J connectivity index is 1.38. The van der Waals surface area contributed by atoms with E-state index in [4.69, 9.17) is 11.6 Å². The number of piperazine rings is 1. The maximum atomic E-state index is 12.2. The van der Waals surface area contributed by atoms with Crippen molar-refractivity contribution in [1.82, 2.24) is 9.80 Å². The minimum atomic E-state index is 0.0174. The molecule has 1 saturated heterocycles. The van der Waals surface area contributed by atoms with Gasteiger partial charge in [0.2, 0.25) is 5.91 Å². The van der Waals surface area contributed by atoms with Gasteiger partial charge >= 0.3 is 0 Å². The lowest BCUT2D eigenvalue weighted by Crippen LogP contribution is -2.49. The molecule has 1 aliphatic heterocycles. The number of anilines is 1. The molecule has 0 aromatic heterocycles. The van der Waals surface area contributed by atoms with Crippen LogP contribution in [0.15, 0.2) is 24.3 Å². The Morgan fingerprint density at radius 2 is 1.71 bits per heavy atom. The predicted molar refractivity (Wildman–Crippen MR) is 99.5 cm³/mol. The average molecular weight is 350 g/mol. The Hall–Kier alpha value is -1.10. The van der Waals surface area contributed by atoms with E-state index in [1.54, 1.807) is 6.07 Å². The molecule has 0 bridgehead atoms. The van der Waals surface area contributed by atoms with Gasteiger partial charge in [-0.15, -0.1) is 0 Å². The fraction of sp³-hybridized carbons (Fsp3) is 0.632. The molecule has 1 heterocycles. The van der Waals surface area contributed by atoms with Crippen molar-refractivity contribution in [3.63, 3.8) is 0 Å². The van der Waals surface area contributed by atoms with Gasteiger partial charge < -0.3 is 10.2 Å². The number of para-hydroxylation sites is 1. The fourth-order valence-corrected chi connectivity index (χ4v) is 4.00. The molecule has 1 N–H and O–H groups in total. The van der Waals surface area contributed by atoms with Crippen LogP contribution in [0.4, 0.5) is 5.69 Å². The third-order valence-electron chi connectivity index (χ3n) is 5.22. The van der Waals surface area contributed by atoms with Crippen LogP contribution in [0.1, 0.15) is 32.1 Å². The maximum Gasteiger partial charge on any atom is 0.238 e. The van der Waals surface area contributed by atoms with Gasteiger partial charge in [-0.05, 0) is 30.9 Å². The van der Waals surface area contributed by atoms with Crippen molar-refractivity contribution >= 4 is 23.2 Å². The van der Waals surface area contributed by atoms with Crippen LogP contribution >= 0.6 is 11.6 Å². The molecule has 2 aliphatic rings. The standard InChI is InChI=1S/C19H28ClN3O/c20-17-8-4-5-9-18(17)21-19(24)15-23-12-10-22(11-13-23)14-16-6-2-1-3-7-16/h4-5,8-9,16H,1-3,6-7,10-15H2,(H,21,24). The molecule has 1 aromatic rings. The lowest BCUT2D eigenvalue weighted by Gasteiger charge is -2.37. The highest BCUT2D eigenvalue weighted by Gasteiger charge is 2.22. The van der Waals surface area contributed by atoms with Gasteiger partial charge in [0.05, 0.1) is 17.3 Å². The van der Waals surface area contributed by atoms with Crippen LogP contribution in [0.3, 0.4) is 0 Å². The molecule has 4 nitrogen and oxygen atoms in total. The summed E-state index contributed by atoms with van der Waals surface area (Å²) in [5.41, 5.74) is 0.695. The summed E-state index contributed by atoms with van der Waals surface area (Å²) in [5.74, 6) is 0.914. The topological polar surface area (TPSA) is 35.6 Å².